The van der Waals surface area contributed by atoms with Crippen LogP contribution >= 0.6 is 0 Å². The van der Waals surface area contributed by atoms with Crippen molar-refractivity contribution in [2.45, 2.75) is 26.4 Å². The third-order valence-electron chi connectivity index (χ3n) is 1.97. The normalized spacial score (nSPS) is 12.7. The van der Waals surface area contributed by atoms with E-state index in [1.165, 1.54) is 7.11 Å². The van der Waals surface area contributed by atoms with Crippen LogP contribution in [-0.2, 0) is 9.53 Å². The Hall–Kier alpha value is -0.780. The summed E-state index contributed by atoms with van der Waals surface area (Å²) in [7, 11) is 1.52. The second kappa shape index (κ2) is 5.34. The first-order valence-electron chi connectivity index (χ1n) is 4.53. The molecule has 0 unspecified atom stereocenters. The highest BCUT2D eigenvalue weighted by Gasteiger charge is 2.39. The van der Waals surface area contributed by atoms with Gasteiger partial charge in [-0.2, -0.15) is 13.2 Å². The average molecular weight is 227 g/mol. The SMILES string of the molecule is COCCC(C)(C)CNC(=O)C(F)(F)F. The van der Waals surface area contributed by atoms with Crippen molar-refractivity contribution >= 4 is 5.91 Å². The molecule has 1 N–H and O–H groups in total. The van der Waals surface area contributed by atoms with E-state index >= 15 is 0 Å². The van der Waals surface area contributed by atoms with Crippen LogP contribution in [0.5, 0.6) is 0 Å². The minimum Gasteiger partial charge on any atom is -0.385 e. The Morgan fingerprint density at radius 1 is 1.33 bits per heavy atom. The third kappa shape index (κ3) is 6.33. The first kappa shape index (κ1) is 14.2. The monoisotopic (exact) mass is 227 g/mol. The Bertz CT molecular complexity index is 214. The lowest BCUT2D eigenvalue weighted by Gasteiger charge is -2.24. The second-order valence-electron chi connectivity index (χ2n) is 4.09. The molecule has 0 atom stereocenters. The largest absolute Gasteiger partial charge is 0.471 e. The van der Waals surface area contributed by atoms with Crippen LogP contribution in [-0.4, -0.2) is 32.3 Å². The lowest BCUT2D eigenvalue weighted by molar-refractivity contribution is -0.174. The van der Waals surface area contributed by atoms with E-state index in [1.54, 1.807) is 13.8 Å². The molecule has 15 heavy (non-hydrogen) atoms. The van der Waals surface area contributed by atoms with Crippen molar-refractivity contribution in [1.82, 2.24) is 5.32 Å². The zero-order valence-corrected chi connectivity index (χ0v) is 9.07. The molecule has 0 aromatic heterocycles. The van der Waals surface area contributed by atoms with E-state index in [0.29, 0.717) is 13.0 Å². The van der Waals surface area contributed by atoms with E-state index in [0.717, 1.165) is 0 Å². The summed E-state index contributed by atoms with van der Waals surface area (Å²) in [6.07, 6.45) is -4.22. The van der Waals surface area contributed by atoms with E-state index in [4.69, 9.17) is 4.74 Å². The topological polar surface area (TPSA) is 38.3 Å². The fourth-order valence-electron chi connectivity index (χ4n) is 0.887. The highest BCUT2D eigenvalue weighted by atomic mass is 19.4. The van der Waals surface area contributed by atoms with Gasteiger partial charge in [-0.25, -0.2) is 0 Å². The lowest BCUT2D eigenvalue weighted by Crippen LogP contribution is -2.42. The molecular formula is C9H16F3NO2. The fourth-order valence-corrected chi connectivity index (χ4v) is 0.887. The van der Waals surface area contributed by atoms with Crippen molar-refractivity contribution in [2.75, 3.05) is 20.3 Å². The third-order valence-corrected chi connectivity index (χ3v) is 1.97. The van der Waals surface area contributed by atoms with Gasteiger partial charge >= 0.3 is 12.1 Å². The molecule has 0 saturated carbocycles. The van der Waals surface area contributed by atoms with Crippen LogP contribution in [0, 0.1) is 5.41 Å². The van der Waals surface area contributed by atoms with Gasteiger partial charge in [0.1, 0.15) is 0 Å². The molecule has 1 amide bonds. The summed E-state index contributed by atoms with van der Waals surface area (Å²) in [5.41, 5.74) is -0.406. The highest BCUT2D eigenvalue weighted by Crippen LogP contribution is 2.20. The molecule has 90 valence electrons. The first-order chi connectivity index (χ1) is 6.69. The van der Waals surface area contributed by atoms with Crippen LogP contribution in [0.2, 0.25) is 0 Å². The molecule has 0 bridgehead atoms. The van der Waals surface area contributed by atoms with Crippen molar-refractivity contribution in [2.24, 2.45) is 5.41 Å². The van der Waals surface area contributed by atoms with Gasteiger partial charge < -0.3 is 10.1 Å². The molecule has 0 spiro atoms. The van der Waals surface area contributed by atoms with Gasteiger partial charge in [0.15, 0.2) is 0 Å². The quantitative estimate of drug-likeness (QED) is 0.776. The van der Waals surface area contributed by atoms with Crippen LogP contribution in [0.1, 0.15) is 20.3 Å². The predicted molar refractivity (Wildman–Crippen MR) is 49.3 cm³/mol. The Balaban J connectivity index is 3.98. The van der Waals surface area contributed by atoms with Gasteiger partial charge in [-0.15, -0.1) is 0 Å². The molecular weight excluding hydrogens is 211 g/mol. The van der Waals surface area contributed by atoms with E-state index in [1.807, 2.05) is 5.32 Å². The number of carbonyl (C=O) groups excluding carboxylic acids is 1. The lowest BCUT2D eigenvalue weighted by atomic mass is 9.90. The summed E-state index contributed by atoms with van der Waals surface area (Å²) in [5, 5.41) is 1.85. The van der Waals surface area contributed by atoms with Gasteiger partial charge in [-0.05, 0) is 11.8 Å². The van der Waals surface area contributed by atoms with Crippen molar-refractivity contribution in [3.05, 3.63) is 0 Å². The van der Waals surface area contributed by atoms with Gasteiger partial charge in [0.25, 0.3) is 0 Å². The van der Waals surface area contributed by atoms with Crippen LogP contribution in [0.15, 0.2) is 0 Å². The van der Waals surface area contributed by atoms with Crippen LogP contribution < -0.4 is 5.32 Å². The molecule has 0 aromatic carbocycles. The molecule has 0 radical (unpaired) electrons. The van der Waals surface area contributed by atoms with Crippen molar-refractivity contribution in [3.8, 4) is 0 Å². The van der Waals surface area contributed by atoms with E-state index in [2.05, 4.69) is 0 Å². The summed E-state index contributed by atoms with van der Waals surface area (Å²) in [5.74, 6) is -1.90. The number of hydrogen-bond acceptors (Lipinski definition) is 2. The molecule has 0 aliphatic carbocycles. The fraction of sp³-hybridized carbons (Fsp3) is 0.889. The summed E-state index contributed by atoms with van der Waals surface area (Å²) in [6, 6.07) is 0. The van der Waals surface area contributed by atoms with Gasteiger partial charge in [-0.1, -0.05) is 13.8 Å². The van der Waals surface area contributed by atoms with Gasteiger partial charge in [0, 0.05) is 20.3 Å². The molecule has 0 saturated heterocycles. The van der Waals surface area contributed by atoms with E-state index < -0.39 is 17.5 Å². The Morgan fingerprint density at radius 2 is 1.87 bits per heavy atom. The summed E-state index contributed by atoms with van der Waals surface area (Å²) in [6.45, 7) is 3.97. The van der Waals surface area contributed by atoms with Crippen molar-refractivity contribution in [3.63, 3.8) is 0 Å². The summed E-state index contributed by atoms with van der Waals surface area (Å²) in [4.78, 5) is 10.5. The maximum absolute atomic E-state index is 11.8. The van der Waals surface area contributed by atoms with Gasteiger partial charge in [-0.3, -0.25) is 4.79 Å². The minimum absolute atomic E-state index is 0.0191. The molecule has 0 aromatic rings. The zero-order valence-electron chi connectivity index (χ0n) is 9.07. The zero-order chi connectivity index (χ0) is 12.1. The van der Waals surface area contributed by atoms with Crippen molar-refractivity contribution in [1.29, 1.82) is 0 Å². The van der Waals surface area contributed by atoms with E-state index in [-0.39, 0.29) is 6.54 Å². The van der Waals surface area contributed by atoms with Crippen LogP contribution in [0.4, 0.5) is 13.2 Å². The molecule has 6 heteroatoms. The number of methoxy groups -OCH3 is 1. The highest BCUT2D eigenvalue weighted by molar-refractivity contribution is 5.81. The number of ether oxygens (including phenoxy) is 1. The van der Waals surface area contributed by atoms with Gasteiger partial charge in [0.2, 0.25) is 0 Å². The number of carbonyl (C=O) groups is 1. The number of amides is 1. The minimum atomic E-state index is -4.81. The predicted octanol–water partition coefficient (Wildman–Crippen LogP) is 1.73. The Labute approximate surface area is 87.0 Å². The molecule has 0 aliphatic heterocycles. The molecule has 0 aliphatic rings. The van der Waals surface area contributed by atoms with Crippen LogP contribution in [0.25, 0.3) is 0 Å². The Kier molecular flexibility index (Phi) is 5.07. The first-order valence-corrected chi connectivity index (χ1v) is 4.53. The van der Waals surface area contributed by atoms with E-state index in [9.17, 15) is 18.0 Å². The summed E-state index contributed by atoms with van der Waals surface area (Å²) >= 11 is 0. The van der Waals surface area contributed by atoms with Crippen LogP contribution in [0.3, 0.4) is 0 Å². The number of alkyl halides is 3. The second-order valence-corrected chi connectivity index (χ2v) is 4.09. The molecule has 0 heterocycles. The maximum Gasteiger partial charge on any atom is 0.471 e. The Morgan fingerprint density at radius 3 is 2.27 bits per heavy atom. The molecule has 3 nitrogen and oxygen atoms in total. The molecule has 0 rings (SSSR count). The smallest absolute Gasteiger partial charge is 0.385 e. The van der Waals surface area contributed by atoms with Gasteiger partial charge in [0.05, 0.1) is 0 Å². The average Bonchev–Trinajstić information content (AvgIpc) is 2.09. The summed E-state index contributed by atoms with van der Waals surface area (Å²) < 4.78 is 40.3. The number of hydrogen-bond donors (Lipinski definition) is 1. The number of rotatable bonds is 5. The molecule has 0 fully saturated rings. The van der Waals surface area contributed by atoms with Crippen molar-refractivity contribution < 1.29 is 22.7 Å². The number of nitrogens with one attached hydrogen (secondary N) is 1. The standard InChI is InChI=1S/C9H16F3NO2/c1-8(2,4-5-15-3)6-13-7(14)9(10,11)12/h4-6H2,1-3H3,(H,13,14). The number of halogens is 3. The maximum atomic E-state index is 11.8.